The maximum atomic E-state index is 9.60. The summed E-state index contributed by atoms with van der Waals surface area (Å²) in [7, 11) is 0. The first kappa shape index (κ1) is 39.6. The summed E-state index contributed by atoms with van der Waals surface area (Å²) in [5.74, 6) is -2.81. The maximum Gasteiger partial charge on any atom is 0.330 e. The summed E-state index contributed by atoms with van der Waals surface area (Å²) in [6.45, 7) is 26.6. The van der Waals surface area contributed by atoms with Gasteiger partial charge in [0, 0.05) is 16.7 Å². The van der Waals surface area contributed by atoms with E-state index in [1.165, 1.54) is 40.0 Å². The summed E-state index contributed by atoms with van der Waals surface area (Å²) >= 11 is 0. The second-order valence-electron chi connectivity index (χ2n) is 5.38. The largest absolute Gasteiger partial charge is 0.478 e. The van der Waals surface area contributed by atoms with Gasteiger partial charge in [-0.3, -0.25) is 0 Å². The Bertz CT molecular complexity index is 311. The van der Waals surface area contributed by atoms with Gasteiger partial charge in [-0.05, 0) is 20.8 Å². The molecule has 6 heteroatoms. The first-order chi connectivity index (χ1) is 12.2. The molecule has 0 bridgehead atoms. The fourth-order valence-corrected chi connectivity index (χ4v) is 0. The normalized spacial score (nSPS) is 7.00. The summed E-state index contributed by atoms with van der Waals surface area (Å²) in [6, 6.07) is 0. The number of carboxylic acid groups (broad SMARTS) is 3. The monoisotopic (exact) mass is 390 g/mol. The Hall–Kier alpha value is -2.37. The van der Waals surface area contributed by atoms with E-state index in [1.54, 1.807) is 0 Å². The standard InChI is InChI=1S/3C4H6O2.3C3H8/c3*1-3(2)4(5)6;3*1-3-2/h3*1H2,2H3,(H,5,6);3*3H2,1-2H3. The topological polar surface area (TPSA) is 112 Å². The number of rotatable bonds is 3. The highest BCUT2D eigenvalue weighted by atomic mass is 16.4. The lowest BCUT2D eigenvalue weighted by Gasteiger charge is -1.79. The zero-order valence-corrected chi connectivity index (χ0v) is 18.8. The minimum absolute atomic E-state index is 0.176. The van der Waals surface area contributed by atoms with Crippen molar-refractivity contribution in [1.82, 2.24) is 0 Å². The Balaban J connectivity index is -0.0000000506. The highest BCUT2D eigenvalue weighted by Crippen LogP contribution is 1.82. The lowest BCUT2D eigenvalue weighted by Crippen LogP contribution is -1.92. The number of hydrogen-bond donors (Lipinski definition) is 3. The fourth-order valence-electron chi connectivity index (χ4n) is 0. The van der Waals surface area contributed by atoms with Crippen LogP contribution in [0.1, 0.15) is 81.6 Å². The van der Waals surface area contributed by atoms with E-state index in [-0.39, 0.29) is 16.7 Å². The highest BCUT2D eigenvalue weighted by molar-refractivity contribution is 5.85. The molecule has 0 radical (unpaired) electrons. The number of carboxylic acids is 3. The predicted octanol–water partition coefficient (Wildman–Crippen LogP) is 6.19. The summed E-state index contributed by atoms with van der Waals surface area (Å²) in [5, 5.41) is 23.7. The van der Waals surface area contributed by atoms with Gasteiger partial charge in [-0.15, -0.1) is 0 Å². The second-order valence-corrected chi connectivity index (χ2v) is 5.38. The Morgan fingerprint density at radius 2 is 0.556 bits per heavy atom. The summed E-state index contributed by atoms with van der Waals surface area (Å²) in [4.78, 5) is 28.8. The van der Waals surface area contributed by atoms with Gasteiger partial charge in [-0.2, -0.15) is 0 Å². The van der Waals surface area contributed by atoms with E-state index in [0.717, 1.165) is 0 Å². The molecule has 0 amide bonds. The minimum atomic E-state index is -0.935. The minimum Gasteiger partial charge on any atom is -0.478 e. The van der Waals surface area contributed by atoms with E-state index in [0.29, 0.717) is 0 Å². The molecule has 0 unspecified atom stereocenters. The molecule has 3 N–H and O–H groups in total. The SMILES string of the molecule is C=C(C)C(=O)O.C=C(C)C(=O)O.C=C(C)C(=O)O.CCC.CCC.CCC. The van der Waals surface area contributed by atoms with Crippen molar-refractivity contribution in [3.8, 4) is 0 Å². The van der Waals surface area contributed by atoms with E-state index < -0.39 is 17.9 Å². The van der Waals surface area contributed by atoms with Crippen molar-refractivity contribution in [2.24, 2.45) is 0 Å². The molecule has 0 aromatic heterocycles. The van der Waals surface area contributed by atoms with Crippen LogP contribution in [-0.4, -0.2) is 33.2 Å². The van der Waals surface area contributed by atoms with Crippen LogP contribution in [0.5, 0.6) is 0 Å². The van der Waals surface area contributed by atoms with E-state index in [1.807, 2.05) is 0 Å². The third-order valence-electron chi connectivity index (χ3n) is 1.10. The quantitative estimate of drug-likeness (QED) is 0.495. The Morgan fingerprint density at radius 3 is 0.556 bits per heavy atom. The van der Waals surface area contributed by atoms with Crippen molar-refractivity contribution in [2.75, 3.05) is 0 Å². The Labute approximate surface area is 166 Å². The van der Waals surface area contributed by atoms with Crippen LogP contribution >= 0.6 is 0 Å². The number of hydrogen-bond acceptors (Lipinski definition) is 3. The molecule has 0 atom stereocenters. The maximum absolute atomic E-state index is 9.60. The van der Waals surface area contributed by atoms with E-state index >= 15 is 0 Å². The zero-order chi connectivity index (χ0) is 23.6. The van der Waals surface area contributed by atoms with Crippen LogP contribution in [0.4, 0.5) is 0 Å². The molecule has 27 heavy (non-hydrogen) atoms. The molecule has 6 nitrogen and oxygen atoms in total. The molecule has 0 aliphatic carbocycles. The van der Waals surface area contributed by atoms with E-state index in [2.05, 4.69) is 61.3 Å². The van der Waals surface area contributed by atoms with Crippen molar-refractivity contribution in [3.05, 3.63) is 36.5 Å². The van der Waals surface area contributed by atoms with E-state index in [4.69, 9.17) is 15.3 Å². The van der Waals surface area contributed by atoms with Gasteiger partial charge >= 0.3 is 17.9 Å². The molecule has 0 rings (SSSR count). The molecule has 0 fully saturated rings. The lowest BCUT2D eigenvalue weighted by atomic mass is 10.4. The molecule has 0 aromatic carbocycles. The molecule has 162 valence electrons. The van der Waals surface area contributed by atoms with Gasteiger partial charge in [0.15, 0.2) is 0 Å². The Morgan fingerprint density at radius 1 is 0.519 bits per heavy atom. The number of aliphatic carboxylic acids is 3. The molecule has 0 saturated carbocycles. The van der Waals surface area contributed by atoms with E-state index in [9.17, 15) is 14.4 Å². The summed E-state index contributed by atoms with van der Waals surface area (Å²) in [5.41, 5.74) is 0.528. The van der Waals surface area contributed by atoms with Crippen LogP contribution < -0.4 is 0 Å². The van der Waals surface area contributed by atoms with Crippen molar-refractivity contribution in [2.45, 2.75) is 81.6 Å². The molecule has 0 aliphatic rings. The molecule has 0 aromatic rings. The molecular weight excluding hydrogens is 348 g/mol. The van der Waals surface area contributed by atoms with Crippen molar-refractivity contribution in [1.29, 1.82) is 0 Å². The van der Waals surface area contributed by atoms with Gasteiger partial charge in [-0.1, -0.05) is 80.5 Å². The van der Waals surface area contributed by atoms with Gasteiger partial charge in [-0.25, -0.2) is 14.4 Å². The first-order valence-electron chi connectivity index (χ1n) is 8.84. The zero-order valence-electron chi connectivity index (χ0n) is 18.8. The molecule has 0 aliphatic heterocycles. The van der Waals surface area contributed by atoms with Crippen LogP contribution in [0, 0.1) is 0 Å². The lowest BCUT2D eigenvalue weighted by molar-refractivity contribution is -0.133. The summed E-state index contributed by atoms with van der Waals surface area (Å²) < 4.78 is 0. The average molecular weight is 391 g/mol. The van der Waals surface area contributed by atoms with Crippen LogP contribution in [0.25, 0.3) is 0 Å². The predicted molar refractivity (Wildman–Crippen MR) is 115 cm³/mol. The van der Waals surface area contributed by atoms with Gasteiger partial charge in [0.25, 0.3) is 0 Å². The average Bonchev–Trinajstić information content (AvgIpc) is 2.50. The van der Waals surface area contributed by atoms with Crippen molar-refractivity contribution < 1.29 is 29.7 Å². The number of carbonyl (C=O) groups is 3. The second kappa shape index (κ2) is 34.9. The van der Waals surface area contributed by atoms with Gasteiger partial charge in [0.05, 0.1) is 0 Å². The van der Waals surface area contributed by atoms with Gasteiger partial charge in [0.2, 0.25) is 0 Å². The van der Waals surface area contributed by atoms with Crippen LogP contribution in [0.2, 0.25) is 0 Å². The van der Waals surface area contributed by atoms with Gasteiger partial charge in [0.1, 0.15) is 0 Å². The van der Waals surface area contributed by atoms with Crippen LogP contribution in [0.3, 0.4) is 0 Å². The summed E-state index contributed by atoms with van der Waals surface area (Å²) in [6.07, 6.45) is 3.75. The van der Waals surface area contributed by atoms with Gasteiger partial charge < -0.3 is 15.3 Å². The van der Waals surface area contributed by atoms with Crippen LogP contribution in [0.15, 0.2) is 36.5 Å². The third-order valence-corrected chi connectivity index (χ3v) is 1.10. The van der Waals surface area contributed by atoms with Crippen molar-refractivity contribution >= 4 is 17.9 Å². The molecule has 0 spiro atoms. The fraction of sp³-hybridized carbons (Fsp3) is 0.571. The molecular formula is C21H42O6. The van der Waals surface area contributed by atoms with Crippen molar-refractivity contribution in [3.63, 3.8) is 0 Å². The first-order valence-corrected chi connectivity index (χ1v) is 8.84. The third kappa shape index (κ3) is 119. The molecule has 0 saturated heterocycles. The smallest absolute Gasteiger partial charge is 0.330 e. The Kier molecular flexibility index (Phi) is 51.2. The van der Waals surface area contributed by atoms with Crippen LogP contribution in [-0.2, 0) is 14.4 Å². The molecule has 0 heterocycles. The highest BCUT2D eigenvalue weighted by Gasteiger charge is 1.91.